The van der Waals surface area contributed by atoms with Gasteiger partial charge in [0.1, 0.15) is 11.9 Å². The molecule has 4 heteroatoms. The molecule has 0 saturated carbocycles. The van der Waals surface area contributed by atoms with Crippen LogP contribution in [0.25, 0.3) is 0 Å². The Kier molecular flexibility index (Phi) is 3.58. The number of phenolic OH excluding ortho intramolecular Hbond substituents is 1. The van der Waals surface area contributed by atoms with Crippen LogP contribution >= 0.6 is 12.4 Å². The molecular formula is C11H15ClFNO. The predicted octanol–water partition coefficient (Wildman–Crippen LogP) is 2.36. The van der Waals surface area contributed by atoms with Crippen LogP contribution in [0.3, 0.4) is 0 Å². The Hall–Kier alpha value is -0.800. The Morgan fingerprint density at radius 3 is 2.80 bits per heavy atom. The lowest BCUT2D eigenvalue weighted by Crippen LogP contribution is -2.39. The van der Waals surface area contributed by atoms with Gasteiger partial charge in [0.25, 0.3) is 0 Å². The van der Waals surface area contributed by atoms with E-state index in [1.165, 1.54) is 0 Å². The van der Waals surface area contributed by atoms with Gasteiger partial charge in [-0.1, -0.05) is 12.1 Å². The topological polar surface area (TPSA) is 32.3 Å². The summed E-state index contributed by atoms with van der Waals surface area (Å²) in [5.74, 6) is 0.185. The lowest BCUT2D eigenvalue weighted by molar-refractivity contribution is 0.219. The summed E-state index contributed by atoms with van der Waals surface area (Å²) in [7, 11) is 0. The molecule has 0 aliphatic carbocycles. The summed E-state index contributed by atoms with van der Waals surface area (Å²) in [5.41, 5.74) is 0.168. The zero-order valence-electron chi connectivity index (χ0n) is 8.53. The molecule has 1 aromatic rings. The molecule has 1 fully saturated rings. The maximum Gasteiger partial charge on any atom is 0.123 e. The Labute approximate surface area is 94.9 Å². The Morgan fingerprint density at radius 2 is 2.27 bits per heavy atom. The van der Waals surface area contributed by atoms with Crippen molar-refractivity contribution < 1.29 is 9.50 Å². The van der Waals surface area contributed by atoms with Gasteiger partial charge < -0.3 is 10.4 Å². The second kappa shape index (κ2) is 4.37. The van der Waals surface area contributed by atoms with Crippen LogP contribution in [0.1, 0.15) is 18.9 Å². The van der Waals surface area contributed by atoms with E-state index in [1.54, 1.807) is 18.2 Å². The highest BCUT2D eigenvalue weighted by molar-refractivity contribution is 5.85. The standard InChI is InChI=1S/C11H14FNO.ClH/c1-11(10(12)5-6-13-11)8-3-2-4-9(14)7-8;/h2-4,7,10,13-14H,5-6H2,1H3;1H. The minimum Gasteiger partial charge on any atom is -0.508 e. The third kappa shape index (κ3) is 2.08. The molecule has 15 heavy (non-hydrogen) atoms. The average molecular weight is 232 g/mol. The number of phenols is 1. The van der Waals surface area contributed by atoms with Crippen LogP contribution in [0, 0.1) is 0 Å². The number of aromatic hydroxyl groups is 1. The fourth-order valence-corrected chi connectivity index (χ4v) is 1.97. The van der Waals surface area contributed by atoms with Crippen molar-refractivity contribution in [2.45, 2.75) is 25.1 Å². The summed E-state index contributed by atoms with van der Waals surface area (Å²) in [5, 5.41) is 12.5. The number of nitrogens with one attached hydrogen (secondary N) is 1. The summed E-state index contributed by atoms with van der Waals surface area (Å²) in [6, 6.07) is 6.78. The maximum atomic E-state index is 13.6. The molecule has 1 aromatic carbocycles. The van der Waals surface area contributed by atoms with Crippen molar-refractivity contribution >= 4 is 12.4 Å². The molecular weight excluding hydrogens is 217 g/mol. The minimum absolute atomic E-state index is 0. The van der Waals surface area contributed by atoms with Crippen LogP contribution in [0.15, 0.2) is 24.3 Å². The second-order valence-electron chi connectivity index (χ2n) is 3.94. The van der Waals surface area contributed by atoms with E-state index in [-0.39, 0.29) is 18.2 Å². The van der Waals surface area contributed by atoms with Crippen LogP contribution in [0.5, 0.6) is 5.75 Å². The predicted molar refractivity (Wildman–Crippen MR) is 60.2 cm³/mol. The molecule has 1 aliphatic heterocycles. The first kappa shape index (κ1) is 12.3. The third-order valence-corrected chi connectivity index (χ3v) is 2.96. The average Bonchev–Trinajstić information content (AvgIpc) is 2.49. The van der Waals surface area contributed by atoms with Gasteiger partial charge in [0, 0.05) is 0 Å². The van der Waals surface area contributed by atoms with Crippen molar-refractivity contribution in [1.82, 2.24) is 5.32 Å². The van der Waals surface area contributed by atoms with Gasteiger partial charge in [-0.05, 0) is 37.6 Å². The van der Waals surface area contributed by atoms with E-state index in [1.807, 2.05) is 13.0 Å². The van der Waals surface area contributed by atoms with E-state index in [4.69, 9.17) is 0 Å². The van der Waals surface area contributed by atoms with Gasteiger partial charge >= 0.3 is 0 Å². The van der Waals surface area contributed by atoms with Crippen LogP contribution < -0.4 is 5.32 Å². The fraction of sp³-hybridized carbons (Fsp3) is 0.455. The van der Waals surface area contributed by atoms with Gasteiger partial charge in [0.15, 0.2) is 0 Å². The molecule has 0 radical (unpaired) electrons. The highest BCUT2D eigenvalue weighted by atomic mass is 35.5. The molecule has 1 saturated heterocycles. The van der Waals surface area contributed by atoms with Gasteiger partial charge in [0.05, 0.1) is 5.54 Å². The van der Waals surface area contributed by atoms with Crippen molar-refractivity contribution in [2.24, 2.45) is 0 Å². The molecule has 1 heterocycles. The largest absolute Gasteiger partial charge is 0.508 e. The Balaban J connectivity index is 0.00000112. The third-order valence-electron chi connectivity index (χ3n) is 2.96. The van der Waals surface area contributed by atoms with Gasteiger partial charge in [-0.25, -0.2) is 4.39 Å². The van der Waals surface area contributed by atoms with E-state index in [2.05, 4.69) is 5.32 Å². The monoisotopic (exact) mass is 231 g/mol. The summed E-state index contributed by atoms with van der Waals surface area (Å²) in [6.07, 6.45) is -0.351. The zero-order chi connectivity index (χ0) is 10.2. The maximum absolute atomic E-state index is 13.6. The lowest BCUT2D eigenvalue weighted by Gasteiger charge is -2.27. The van der Waals surface area contributed by atoms with Crippen molar-refractivity contribution in [3.63, 3.8) is 0 Å². The number of hydrogen-bond donors (Lipinski definition) is 2. The quantitative estimate of drug-likeness (QED) is 0.778. The van der Waals surface area contributed by atoms with E-state index >= 15 is 0 Å². The fourth-order valence-electron chi connectivity index (χ4n) is 1.97. The molecule has 2 N–H and O–H groups in total. The van der Waals surface area contributed by atoms with Crippen molar-refractivity contribution in [3.8, 4) is 5.75 Å². The molecule has 84 valence electrons. The normalized spacial score (nSPS) is 29.9. The van der Waals surface area contributed by atoms with Gasteiger partial charge in [-0.2, -0.15) is 0 Å². The smallest absolute Gasteiger partial charge is 0.123 e. The van der Waals surface area contributed by atoms with E-state index in [0.29, 0.717) is 13.0 Å². The Morgan fingerprint density at radius 1 is 1.53 bits per heavy atom. The van der Waals surface area contributed by atoms with E-state index < -0.39 is 11.7 Å². The van der Waals surface area contributed by atoms with Crippen LogP contribution in [0.4, 0.5) is 4.39 Å². The minimum atomic E-state index is -0.885. The van der Waals surface area contributed by atoms with Crippen molar-refractivity contribution in [2.75, 3.05) is 6.54 Å². The lowest BCUT2D eigenvalue weighted by atomic mass is 9.89. The number of benzene rings is 1. The summed E-state index contributed by atoms with van der Waals surface area (Å²) in [4.78, 5) is 0. The first-order chi connectivity index (χ1) is 6.63. The number of halogens is 2. The molecule has 0 bridgehead atoms. The van der Waals surface area contributed by atoms with Gasteiger partial charge in [-0.15, -0.1) is 12.4 Å². The molecule has 2 rings (SSSR count). The molecule has 1 aliphatic rings. The number of alkyl halides is 1. The van der Waals surface area contributed by atoms with Crippen LogP contribution in [-0.2, 0) is 5.54 Å². The zero-order valence-corrected chi connectivity index (χ0v) is 9.35. The summed E-state index contributed by atoms with van der Waals surface area (Å²) < 4.78 is 13.6. The Bertz CT molecular complexity index is 347. The van der Waals surface area contributed by atoms with E-state index in [9.17, 15) is 9.50 Å². The van der Waals surface area contributed by atoms with Crippen molar-refractivity contribution in [3.05, 3.63) is 29.8 Å². The SMILES string of the molecule is CC1(c2cccc(O)c2)NCCC1F.Cl. The van der Waals surface area contributed by atoms with E-state index in [0.717, 1.165) is 5.56 Å². The first-order valence-corrected chi connectivity index (χ1v) is 4.81. The summed E-state index contributed by atoms with van der Waals surface area (Å²) >= 11 is 0. The highest BCUT2D eigenvalue weighted by Gasteiger charge is 2.40. The molecule has 0 amide bonds. The molecule has 2 atom stereocenters. The van der Waals surface area contributed by atoms with Crippen LogP contribution in [0.2, 0.25) is 0 Å². The second-order valence-corrected chi connectivity index (χ2v) is 3.94. The molecule has 0 aromatic heterocycles. The number of rotatable bonds is 1. The summed E-state index contributed by atoms with van der Waals surface area (Å²) in [6.45, 7) is 2.52. The van der Waals surface area contributed by atoms with Gasteiger partial charge in [0.2, 0.25) is 0 Å². The molecule has 2 unspecified atom stereocenters. The first-order valence-electron chi connectivity index (χ1n) is 4.81. The molecule has 0 spiro atoms. The van der Waals surface area contributed by atoms with Crippen molar-refractivity contribution in [1.29, 1.82) is 0 Å². The molecule has 2 nitrogen and oxygen atoms in total. The van der Waals surface area contributed by atoms with Crippen LogP contribution in [-0.4, -0.2) is 17.8 Å². The highest BCUT2D eigenvalue weighted by Crippen LogP contribution is 2.34. The van der Waals surface area contributed by atoms with Gasteiger partial charge in [-0.3, -0.25) is 0 Å². The number of hydrogen-bond acceptors (Lipinski definition) is 2.